The average Bonchev–Trinajstić information content (AvgIpc) is 2.68. The highest BCUT2D eigenvalue weighted by atomic mass is 16.2. The second-order valence-electron chi connectivity index (χ2n) is 7.56. The Balaban J connectivity index is 1.32. The Morgan fingerprint density at radius 3 is 2.42 bits per heavy atom. The second-order valence-corrected chi connectivity index (χ2v) is 7.56. The van der Waals surface area contributed by atoms with E-state index in [2.05, 4.69) is 39.4 Å². The molecule has 4 nitrogen and oxygen atoms in total. The van der Waals surface area contributed by atoms with Crippen LogP contribution in [0.5, 0.6) is 0 Å². The summed E-state index contributed by atoms with van der Waals surface area (Å²) in [4.78, 5) is 17.7. The van der Waals surface area contributed by atoms with E-state index in [0.29, 0.717) is 11.9 Å². The first-order valence-corrected chi connectivity index (χ1v) is 9.64. The lowest BCUT2D eigenvalue weighted by Crippen LogP contribution is -2.54. The van der Waals surface area contributed by atoms with Gasteiger partial charge in [-0.2, -0.15) is 0 Å². The molecule has 0 radical (unpaired) electrons. The molecule has 130 valence electrons. The molecule has 3 aliphatic heterocycles. The van der Waals surface area contributed by atoms with Crippen LogP contribution in [0.1, 0.15) is 43.2 Å². The molecule has 1 atom stereocenters. The molecule has 0 spiro atoms. The zero-order valence-corrected chi connectivity index (χ0v) is 14.5. The number of carbonyl (C=O) groups excluding carboxylic acids is 1. The largest absolute Gasteiger partial charge is 0.341 e. The van der Waals surface area contributed by atoms with Crippen molar-refractivity contribution in [3.05, 3.63) is 35.4 Å². The third-order valence-electron chi connectivity index (χ3n) is 6.06. The van der Waals surface area contributed by atoms with Crippen molar-refractivity contribution in [3.63, 3.8) is 0 Å². The lowest BCUT2D eigenvalue weighted by Gasteiger charge is -2.41. The molecule has 24 heavy (non-hydrogen) atoms. The van der Waals surface area contributed by atoms with Crippen molar-refractivity contribution in [3.8, 4) is 0 Å². The number of benzene rings is 1. The van der Waals surface area contributed by atoms with Crippen molar-refractivity contribution < 1.29 is 4.79 Å². The van der Waals surface area contributed by atoms with Crippen molar-refractivity contribution in [1.82, 2.24) is 15.1 Å². The standard InChI is InChI=1S/C20H29N3O/c24-20(19-14-16-6-2-3-7-17(16)15-21-19)23-12-8-18(9-13-23)22-10-4-1-5-11-22/h2-3,6-7,18-19,21H,1,4-5,8-15H2. The molecule has 0 saturated carbocycles. The van der Waals surface area contributed by atoms with Gasteiger partial charge in [-0.1, -0.05) is 30.7 Å². The average molecular weight is 327 g/mol. The monoisotopic (exact) mass is 327 g/mol. The van der Waals surface area contributed by atoms with E-state index in [-0.39, 0.29) is 6.04 Å². The molecule has 1 amide bonds. The fraction of sp³-hybridized carbons (Fsp3) is 0.650. The van der Waals surface area contributed by atoms with Gasteiger partial charge in [0.2, 0.25) is 5.91 Å². The van der Waals surface area contributed by atoms with Crippen LogP contribution in [0.3, 0.4) is 0 Å². The zero-order chi connectivity index (χ0) is 16.4. The van der Waals surface area contributed by atoms with Gasteiger partial charge >= 0.3 is 0 Å². The van der Waals surface area contributed by atoms with E-state index in [1.54, 1.807) is 0 Å². The molecule has 1 N–H and O–H groups in total. The summed E-state index contributed by atoms with van der Waals surface area (Å²) in [5.74, 6) is 0.307. The predicted octanol–water partition coefficient (Wildman–Crippen LogP) is 2.18. The van der Waals surface area contributed by atoms with E-state index >= 15 is 0 Å². The number of likely N-dealkylation sites (tertiary alicyclic amines) is 2. The van der Waals surface area contributed by atoms with Crippen LogP contribution in [0.15, 0.2) is 24.3 Å². The highest BCUT2D eigenvalue weighted by Crippen LogP contribution is 2.23. The molecule has 0 aliphatic carbocycles. The first-order chi connectivity index (χ1) is 11.8. The number of nitrogens with zero attached hydrogens (tertiary/aromatic N) is 2. The highest BCUT2D eigenvalue weighted by Gasteiger charge is 2.32. The van der Waals surface area contributed by atoms with Gasteiger partial charge in [0.1, 0.15) is 0 Å². The molecular weight excluding hydrogens is 298 g/mol. The van der Waals surface area contributed by atoms with Crippen molar-refractivity contribution in [1.29, 1.82) is 0 Å². The summed E-state index contributed by atoms with van der Waals surface area (Å²) >= 11 is 0. The SMILES string of the molecule is O=C(C1Cc2ccccc2CN1)N1CCC(N2CCCCC2)CC1. The lowest BCUT2D eigenvalue weighted by atomic mass is 9.94. The zero-order valence-electron chi connectivity index (χ0n) is 14.5. The smallest absolute Gasteiger partial charge is 0.240 e. The first-order valence-electron chi connectivity index (χ1n) is 9.64. The van der Waals surface area contributed by atoms with E-state index in [0.717, 1.165) is 38.9 Å². The topological polar surface area (TPSA) is 35.6 Å². The summed E-state index contributed by atoms with van der Waals surface area (Å²) < 4.78 is 0. The molecule has 1 aromatic carbocycles. The molecule has 1 aromatic rings. The van der Waals surface area contributed by atoms with E-state index in [9.17, 15) is 4.79 Å². The van der Waals surface area contributed by atoms with Crippen molar-refractivity contribution in [2.75, 3.05) is 26.2 Å². The lowest BCUT2D eigenvalue weighted by molar-refractivity contribution is -0.135. The van der Waals surface area contributed by atoms with E-state index in [1.165, 1.54) is 43.5 Å². The van der Waals surface area contributed by atoms with Crippen LogP contribution < -0.4 is 5.32 Å². The number of fused-ring (bicyclic) bond motifs is 1. The summed E-state index contributed by atoms with van der Waals surface area (Å²) in [6.07, 6.45) is 7.23. The summed E-state index contributed by atoms with van der Waals surface area (Å²) in [5, 5.41) is 3.45. The maximum absolute atomic E-state index is 12.9. The minimum atomic E-state index is -0.0357. The Kier molecular flexibility index (Phi) is 4.86. The van der Waals surface area contributed by atoms with Crippen LogP contribution >= 0.6 is 0 Å². The van der Waals surface area contributed by atoms with E-state index < -0.39 is 0 Å². The molecular formula is C20H29N3O. The van der Waals surface area contributed by atoms with Crippen LogP contribution in [0.4, 0.5) is 0 Å². The van der Waals surface area contributed by atoms with Gasteiger partial charge in [0, 0.05) is 25.7 Å². The summed E-state index contributed by atoms with van der Waals surface area (Å²) in [5.41, 5.74) is 2.67. The Morgan fingerprint density at radius 2 is 1.67 bits per heavy atom. The maximum Gasteiger partial charge on any atom is 0.240 e. The fourth-order valence-electron chi connectivity index (χ4n) is 4.58. The van der Waals surface area contributed by atoms with Gasteiger partial charge in [0.15, 0.2) is 0 Å². The molecule has 0 bridgehead atoms. The van der Waals surface area contributed by atoms with Gasteiger partial charge in [-0.05, 0) is 56.3 Å². The van der Waals surface area contributed by atoms with Crippen molar-refractivity contribution >= 4 is 5.91 Å². The third kappa shape index (κ3) is 3.35. The third-order valence-corrected chi connectivity index (χ3v) is 6.06. The highest BCUT2D eigenvalue weighted by molar-refractivity contribution is 5.82. The minimum Gasteiger partial charge on any atom is -0.341 e. The Bertz CT molecular complexity index is 574. The molecule has 4 heteroatoms. The van der Waals surface area contributed by atoms with Crippen molar-refractivity contribution in [2.24, 2.45) is 0 Å². The Hall–Kier alpha value is -1.39. The minimum absolute atomic E-state index is 0.0357. The van der Waals surface area contributed by atoms with E-state index in [1.807, 2.05) is 0 Å². The molecule has 2 fully saturated rings. The van der Waals surface area contributed by atoms with Gasteiger partial charge in [-0.15, -0.1) is 0 Å². The number of rotatable bonds is 2. The fourth-order valence-corrected chi connectivity index (χ4v) is 4.58. The number of piperidine rings is 2. The molecule has 3 aliphatic rings. The number of amides is 1. The van der Waals surface area contributed by atoms with E-state index in [4.69, 9.17) is 0 Å². The van der Waals surface area contributed by atoms with Crippen LogP contribution in [0, 0.1) is 0 Å². The molecule has 4 rings (SSSR count). The summed E-state index contributed by atoms with van der Waals surface area (Å²) in [6, 6.07) is 9.15. The molecule has 0 aromatic heterocycles. The second kappa shape index (κ2) is 7.24. The quantitative estimate of drug-likeness (QED) is 0.904. The molecule has 3 heterocycles. The summed E-state index contributed by atoms with van der Waals surface area (Å²) in [6.45, 7) is 5.20. The van der Waals surface area contributed by atoms with Crippen molar-refractivity contribution in [2.45, 2.75) is 57.2 Å². The molecule has 1 unspecified atom stereocenters. The van der Waals surface area contributed by atoms with Gasteiger partial charge in [0.05, 0.1) is 6.04 Å². The van der Waals surface area contributed by atoms with Crippen LogP contribution in [-0.2, 0) is 17.8 Å². The Morgan fingerprint density at radius 1 is 0.958 bits per heavy atom. The van der Waals surface area contributed by atoms with Gasteiger partial charge in [0.25, 0.3) is 0 Å². The number of nitrogens with one attached hydrogen (secondary N) is 1. The van der Waals surface area contributed by atoms with Crippen LogP contribution in [0.25, 0.3) is 0 Å². The Labute approximate surface area is 145 Å². The van der Waals surface area contributed by atoms with Crippen LogP contribution in [0.2, 0.25) is 0 Å². The van der Waals surface area contributed by atoms with Crippen LogP contribution in [-0.4, -0.2) is 54.0 Å². The number of hydrogen-bond donors (Lipinski definition) is 1. The maximum atomic E-state index is 12.9. The summed E-state index contributed by atoms with van der Waals surface area (Å²) in [7, 11) is 0. The first kappa shape index (κ1) is 16.1. The normalized spacial score (nSPS) is 26.2. The number of hydrogen-bond acceptors (Lipinski definition) is 3. The number of carbonyl (C=O) groups is 1. The van der Waals surface area contributed by atoms with Gasteiger partial charge in [-0.25, -0.2) is 0 Å². The van der Waals surface area contributed by atoms with Gasteiger partial charge < -0.3 is 15.1 Å². The molecule has 2 saturated heterocycles. The predicted molar refractivity (Wildman–Crippen MR) is 95.8 cm³/mol. The van der Waals surface area contributed by atoms with Gasteiger partial charge in [-0.3, -0.25) is 4.79 Å².